The Morgan fingerprint density at radius 1 is 1.37 bits per heavy atom. The molecule has 2 aliphatic rings. The Balaban J connectivity index is 1.61. The Morgan fingerprint density at radius 2 is 2.22 bits per heavy atom. The highest BCUT2D eigenvalue weighted by Gasteiger charge is 2.42. The second-order valence-corrected chi connectivity index (χ2v) is 8.22. The van der Waals surface area contributed by atoms with Crippen LogP contribution in [0.1, 0.15) is 38.4 Å². The number of amides is 2. The van der Waals surface area contributed by atoms with Gasteiger partial charge in [-0.2, -0.15) is 0 Å². The molecule has 0 saturated carbocycles. The van der Waals surface area contributed by atoms with Crippen LogP contribution in [0.3, 0.4) is 0 Å². The van der Waals surface area contributed by atoms with Gasteiger partial charge in [0.05, 0.1) is 31.3 Å². The van der Waals surface area contributed by atoms with Crippen LogP contribution in [-0.2, 0) is 0 Å². The Bertz CT molecular complexity index is 894. The summed E-state index contributed by atoms with van der Waals surface area (Å²) in [5.41, 5.74) is 0.575. The van der Waals surface area contributed by atoms with Crippen molar-refractivity contribution in [2.24, 2.45) is 0 Å². The number of nitrogens with one attached hydrogen (secondary N) is 1. The highest BCUT2D eigenvalue weighted by molar-refractivity contribution is 7.10. The van der Waals surface area contributed by atoms with Crippen LogP contribution in [0.2, 0.25) is 0 Å². The monoisotopic (exact) mass is 386 g/mol. The van der Waals surface area contributed by atoms with E-state index in [2.05, 4.69) is 5.32 Å². The third kappa shape index (κ3) is 3.39. The smallest absolute Gasteiger partial charge is 0.255 e. The lowest BCUT2D eigenvalue weighted by Crippen LogP contribution is -2.57. The Kier molecular flexibility index (Phi) is 4.55. The molecule has 3 heterocycles. The maximum Gasteiger partial charge on any atom is 0.255 e. The summed E-state index contributed by atoms with van der Waals surface area (Å²) in [6, 6.07) is 7.12. The fourth-order valence-corrected chi connectivity index (χ4v) is 4.42. The van der Waals surface area contributed by atoms with Gasteiger partial charge in [0.1, 0.15) is 17.1 Å². The van der Waals surface area contributed by atoms with Crippen LogP contribution in [0, 0.1) is 6.92 Å². The number of carbonyl (C=O) groups is 2. The van der Waals surface area contributed by atoms with Crippen LogP contribution in [0.25, 0.3) is 0 Å². The minimum Gasteiger partial charge on any atom is -0.497 e. The molecule has 1 aromatic heterocycles. The summed E-state index contributed by atoms with van der Waals surface area (Å²) < 4.78 is 11.6. The van der Waals surface area contributed by atoms with Gasteiger partial charge in [-0.15, -0.1) is 11.3 Å². The first-order valence-corrected chi connectivity index (χ1v) is 9.87. The normalized spacial score (nSPS) is 21.9. The number of hydrogen-bond acceptors (Lipinski definition) is 5. The van der Waals surface area contributed by atoms with Crippen LogP contribution in [0.4, 0.5) is 0 Å². The van der Waals surface area contributed by atoms with E-state index in [1.807, 2.05) is 23.3 Å². The van der Waals surface area contributed by atoms with Gasteiger partial charge in [0.15, 0.2) is 0 Å². The van der Waals surface area contributed by atoms with E-state index in [9.17, 15) is 9.59 Å². The van der Waals surface area contributed by atoms with Crippen LogP contribution < -0.4 is 14.8 Å². The molecular formula is C20H22N2O4S. The van der Waals surface area contributed by atoms with Crippen LogP contribution in [0.15, 0.2) is 29.6 Å². The molecule has 2 amide bonds. The maximum atomic E-state index is 12.9. The van der Waals surface area contributed by atoms with Crippen LogP contribution >= 0.6 is 11.3 Å². The van der Waals surface area contributed by atoms with Gasteiger partial charge in [0, 0.05) is 22.9 Å². The van der Waals surface area contributed by atoms with Crippen LogP contribution in [0.5, 0.6) is 11.5 Å². The van der Waals surface area contributed by atoms with E-state index in [4.69, 9.17) is 9.47 Å². The summed E-state index contributed by atoms with van der Waals surface area (Å²) in [5.74, 6) is 0.992. The molecule has 1 aromatic carbocycles. The number of piperidine rings is 1. The van der Waals surface area contributed by atoms with E-state index in [-0.39, 0.29) is 11.8 Å². The Labute approximate surface area is 162 Å². The van der Waals surface area contributed by atoms with Gasteiger partial charge in [0.2, 0.25) is 0 Å². The van der Waals surface area contributed by atoms with Gasteiger partial charge in [-0.25, -0.2) is 0 Å². The molecule has 1 N–H and O–H groups in total. The summed E-state index contributed by atoms with van der Waals surface area (Å²) in [5, 5.41) is 4.86. The topological polar surface area (TPSA) is 67.9 Å². The van der Waals surface area contributed by atoms with Crippen molar-refractivity contribution in [3.05, 3.63) is 45.6 Å². The molecule has 1 spiro atoms. The number of carbonyl (C=O) groups excluding carboxylic acids is 2. The summed E-state index contributed by atoms with van der Waals surface area (Å²) in [6.45, 7) is 3.50. The SMILES string of the molecule is COc1ccc2c(c1)OC1(CCCN(C(=O)c3csc(C)c3)C1)CNC2=O. The molecule has 0 bridgehead atoms. The lowest BCUT2D eigenvalue weighted by Gasteiger charge is -2.42. The predicted octanol–water partition coefficient (Wildman–Crippen LogP) is 2.86. The average Bonchev–Trinajstić information content (AvgIpc) is 3.06. The van der Waals surface area contributed by atoms with Gasteiger partial charge in [-0.05, 0) is 38.0 Å². The van der Waals surface area contributed by atoms with E-state index < -0.39 is 5.60 Å². The number of ether oxygens (including phenoxy) is 2. The van der Waals surface area contributed by atoms with Crippen LogP contribution in [-0.4, -0.2) is 49.1 Å². The van der Waals surface area contributed by atoms with E-state index in [1.165, 1.54) is 0 Å². The zero-order valence-corrected chi connectivity index (χ0v) is 16.2. The summed E-state index contributed by atoms with van der Waals surface area (Å²) in [4.78, 5) is 28.3. The molecule has 6 nitrogen and oxygen atoms in total. The Hall–Kier alpha value is -2.54. The molecule has 1 fully saturated rings. The lowest BCUT2D eigenvalue weighted by molar-refractivity contribution is -0.000936. The summed E-state index contributed by atoms with van der Waals surface area (Å²) in [6.07, 6.45) is 1.60. The fraction of sp³-hybridized carbons (Fsp3) is 0.400. The number of methoxy groups -OCH3 is 1. The first kappa shape index (κ1) is 17.9. The van der Waals surface area contributed by atoms with Crippen molar-refractivity contribution >= 4 is 23.2 Å². The van der Waals surface area contributed by atoms with Gasteiger partial charge < -0.3 is 19.7 Å². The number of aryl methyl sites for hydroxylation is 1. The van der Waals surface area contributed by atoms with E-state index in [1.54, 1.807) is 36.6 Å². The second kappa shape index (κ2) is 6.88. The standard InChI is InChI=1S/C20H22N2O4S/c1-13-8-14(10-27-13)19(24)22-7-3-6-20(12-22)11-21-18(23)16-5-4-15(25-2)9-17(16)26-20/h4-5,8-10H,3,6-7,11-12H2,1-2H3,(H,21,23). The highest BCUT2D eigenvalue weighted by atomic mass is 32.1. The fourth-order valence-electron chi connectivity index (χ4n) is 3.74. The summed E-state index contributed by atoms with van der Waals surface area (Å²) in [7, 11) is 1.58. The zero-order valence-electron chi connectivity index (χ0n) is 15.4. The molecule has 1 atom stereocenters. The zero-order chi connectivity index (χ0) is 19.0. The van der Waals surface area contributed by atoms with Gasteiger partial charge in [0.25, 0.3) is 11.8 Å². The minimum atomic E-state index is -0.633. The minimum absolute atomic E-state index is 0.0171. The molecule has 142 valence electrons. The van der Waals surface area contributed by atoms with Gasteiger partial charge >= 0.3 is 0 Å². The second-order valence-electron chi connectivity index (χ2n) is 7.11. The summed E-state index contributed by atoms with van der Waals surface area (Å²) >= 11 is 1.57. The van der Waals surface area contributed by atoms with Gasteiger partial charge in [-0.1, -0.05) is 0 Å². The van der Waals surface area contributed by atoms with Crippen molar-refractivity contribution in [2.75, 3.05) is 26.7 Å². The van der Waals surface area contributed by atoms with Crippen molar-refractivity contribution in [3.63, 3.8) is 0 Å². The Morgan fingerprint density at radius 3 is 2.96 bits per heavy atom. The molecule has 0 aliphatic carbocycles. The van der Waals surface area contributed by atoms with Crippen molar-refractivity contribution in [2.45, 2.75) is 25.4 Å². The van der Waals surface area contributed by atoms with Crippen molar-refractivity contribution < 1.29 is 19.1 Å². The molecule has 2 aliphatic heterocycles. The maximum absolute atomic E-state index is 12.9. The predicted molar refractivity (Wildman–Crippen MR) is 103 cm³/mol. The molecule has 0 radical (unpaired) electrons. The molecule has 2 aromatic rings. The molecule has 4 rings (SSSR count). The third-order valence-electron chi connectivity index (χ3n) is 5.14. The van der Waals surface area contributed by atoms with Crippen molar-refractivity contribution in [1.29, 1.82) is 0 Å². The molecule has 1 saturated heterocycles. The lowest BCUT2D eigenvalue weighted by atomic mass is 9.92. The van der Waals surface area contributed by atoms with E-state index >= 15 is 0 Å². The van der Waals surface area contributed by atoms with Gasteiger partial charge in [-0.3, -0.25) is 9.59 Å². The number of fused-ring (bicyclic) bond motifs is 1. The van der Waals surface area contributed by atoms with E-state index in [0.29, 0.717) is 42.3 Å². The number of thiophene rings is 1. The molecule has 7 heteroatoms. The third-order valence-corrected chi connectivity index (χ3v) is 6.00. The number of benzene rings is 1. The number of hydrogen-bond donors (Lipinski definition) is 1. The molecular weight excluding hydrogens is 364 g/mol. The number of rotatable bonds is 2. The molecule has 27 heavy (non-hydrogen) atoms. The quantitative estimate of drug-likeness (QED) is 0.862. The van der Waals surface area contributed by atoms with Crippen molar-refractivity contribution in [3.8, 4) is 11.5 Å². The molecule has 1 unspecified atom stereocenters. The number of likely N-dealkylation sites (tertiary alicyclic amines) is 1. The van der Waals surface area contributed by atoms with Crippen molar-refractivity contribution in [1.82, 2.24) is 10.2 Å². The first-order valence-electron chi connectivity index (χ1n) is 8.99. The average molecular weight is 386 g/mol. The first-order chi connectivity index (χ1) is 13.0. The van der Waals surface area contributed by atoms with E-state index in [0.717, 1.165) is 17.7 Å². The number of nitrogens with zero attached hydrogens (tertiary/aromatic N) is 1. The highest BCUT2D eigenvalue weighted by Crippen LogP contribution is 2.34. The largest absolute Gasteiger partial charge is 0.497 e.